The zero-order chi connectivity index (χ0) is 13.1. The molecule has 1 aromatic carbocycles. The van der Waals surface area contributed by atoms with E-state index in [0.717, 1.165) is 4.90 Å². The molecule has 94 valence electrons. The molecule has 0 aliphatic rings. The third-order valence-electron chi connectivity index (χ3n) is 2.28. The molecule has 0 aliphatic carbocycles. The van der Waals surface area contributed by atoms with E-state index in [9.17, 15) is 13.2 Å². The molecule has 0 saturated carbocycles. The van der Waals surface area contributed by atoms with Crippen LogP contribution in [0.2, 0.25) is 0 Å². The van der Waals surface area contributed by atoms with Crippen molar-refractivity contribution in [1.29, 1.82) is 0 Å². The van der Waals surface area contributed by atoms with Crippen LogP contribution < -0.4 is 0 Å². The lowest BCUT2D eigenvalue weighted by molar-refractivity contribution is -0.119. The molecule has 0 bridgehead atoms. The summed E-state index contributed by atoms with van der Waals surface area (Å²) in [6.07, 6.45) is 1.18. The fourth-order valence-electron chi connectivity index (χ4n) is 1.10. The molecular formula is C12H16O3S2. The van der Waals surface area contributed by atoms with Gasteiger partial charge in [0.25, 0.3) is 0 Å². The normalized spacial score (nSPS) is 11.8. The number of hydrogen-bond donors (Lipinski definition) is 0. The number of hydrogen-bond acceptors (Lipinski definition) is 4. The van der Waals surface area contributed by atoms with Gasteiger partial charge in [0, 0.05) is 17.1 Å². The van der Waals surface area contributed by atoms with Gasteiger partial charge in [-0.3, -0.25) is 4.79 Å². The molecule has 5 heteroatoms. The van der Waals surface area contributed by atoms with Crippen molar-refractivity contribution in [3.8, 4) is 0 Å². The lowest BCUT2D eigenvalue weighted by atomic mass is 10.1. The Labute approximate surface area is 107 Å². The van der Waals surface area contributed by atoms with Gasteiger partial charge < -0.3 is 0 Å². The second-order valence-corrected chi connectivity index (χ2v) is 7.22. The number of carbonyl (C=O) groups excluding carboxylic acids is 1. The molecular weight excluding hydrogens is 256 g/mol. The first kappa shape index (κ1) is 14.3. The number of rotatable bonds is 5. The van der Waals surface area contributed by atoms with Gasteiger partial charge in [0.2, 0.25) is 0 Å². The quantitative estimate of drug-likeness (QED) is 0.772. The minimum atomic E-state index is -3.14. The first-order valence-corrected chi connectivity index (χ1v) is 8.14. The van der Waals surface area contributed by atoms with Crippen LogP contribution in [0.3, 0.4) is 0 Å². The summed E-state index contributed by atoms with van der Waals surface area (Å²) in [5, 5.41) is 0. The molecule has 1 rings (SSSR count). The molecule has 0 spiro atoms. The van der Waals surface area contributed by atoms with Crippen LogP contribution in [0, 0.1) is 5.92 Å². The third-order valence-corrected chi connectivity index (χ3v) is 4.44. The highest BCUT2D eigenvalue weighted by Gasteiger charge is 2.09. The topological polar surface area (TPSA) is 51.2 Å². The maximum Gasteiger partial charge on any atom is 0.175 e. The highest BCUT2D eigenvalue weighted by Crippen LogP contribution is 2.21. The third kappa shape index (κ3) is 4.52. The van der Waals surface area contributed by atoms with E-state index in [2.05, 4.69) is 0 Å². The van der Waals surface area contributed by atoms with Crippen molar-refractivity contribution < 1.29 is 13.2 Å². The van der Waals surface area contributed by atoms with Crippen molar-refractivity contribution >= 4 is 27.4 Å². The molecule has 0 amide bonds. The van der Waals surface area contributed by atoms with Crippen molar-refractivity contribution in [3.05, 3.63) is 24.3 Å². The molecule has 0 fully saturated rings. The largest absolute Gasteiger partial charge is 0.298 e. The highest BCUT2D eigenvalue weighted by molar-refractivity contribution is 8.00. The van der Waals surface area contributed by atoms with Gasteiger partial charge >= 0.3 is 0 Å². The molecule has 1 aromatic rings. The Morgan fingerprint density at radius 3 is 2.18 bits per heavy atom. The summed E-state index contributed by atoms with van der Waals surface area (Å²) in [5.74, 6) is 0.663. The van der Waals surface area contributed by atoms with Crippen molar-refractivity contribution in [2.24, 2.45) is 5.92 Å². The van der Waals surface area contributed by atoms with Crippen LogP contribution in [0.25, 0.3) is 0 Å². The smallest absolute Gasteiger partial charge is 0.175 e. The van der Waals surface area contributed by atoms with Gasteiger partial charge in [0.1, 0.15) is 5.78 Å². The Balaban J connectivity index is 2.67. The van der Waals surface area contributed by atoms with Gasteiger partial charge in [0.05, 0.1) is 10.6 Å². The number of benzene rings is 1. The molecule has 0 aliphatic heterocycles. The van der Waals surface area contributed by atoms with Gasteiger partial charge in [0.15, 0.2) is 9.84 Å². The fraction of sp³-hybridized carbons (Fsp3) is 0.417. The Kier molecular flexibility index (Phi) is 4.77. The summed E-state index contributed by atoms with van der Waals surface area (Å²) in [6, 6.07) is 6.60. The van der Waals surface area contributed by atoms with Crippen molar-refractivity contribution in [3.63, 3.8) is 0 Å². The summed E-state index contributed by atoms with van der Waals surface area (Å²) >= 11 is 1.43. The minimum absolute atomic E-state index is 0.0396. The monoisotopic (exact) mass is 272 g/mol. The first-order chi connectivity index (χ1) is 7.80. The SMILES string of the molecule is CC(C)C(=O)CSc1ccc(S(C)(=O)=O)cc1. The summed E-state index contributed by atoms with van der Waals surface area (Å²) < 4.78 is 22.5. The van der Waals surface area contributed by atoms with E-state index < -0.39 is 9.84 Å². The molecule has 0 unspecified atom stereocenters. The van der Waals surface area contributed by atoms with Crippen molar-refractivity contribution in [2.45, 2.75) is 23.6 Å². The van der Waals surface area contributed by atoms with Gasteiger partial charge in [-0.25, -0.2) is 8.42 Å². The van der Waals surface area contributed by atoms with Crippen LogP contribution in [0.1, 0.15) is 13.8 Å². The van der Waals surface area contributed by atoms with Crippen LogP contribution >= 0.6 is 11.8 Å². The minimum Gasteiger partial charge on any atom is -0.298 e. The van der Waals surface area contributed by atoms with E-state index in [1.165, 1.54) is 18.0 Å². The van der Waals surface area contributed by atoms with Crippen LogP contribution in [-0.4, -0.2) is 26.2 Å². The lowest BCUT2D eigenvalue weighted by Gasteiger charge is -2.04. The van der Waals surface area contributed by atoms with Crippen LogP contribution in [0.4, 0.5) is 0 Å². The Morgan fingerprint density at radius 2 is 1.76 bits per heavy atom. The van der Waals surface area contributed by atoms with E-state index in [0.29, 0.717) is 10.6 Å². The average Bonchev–Trinajstić information content (AvgIpc) is 2.25. The number of thioether (sulfide) groups is 1. The molecule has 0 aromatic heterocycles. The number of carbonyl (C=O) groups is 1. The maximum absolute atomic E-state index is 11.4. The van der Waals surface area contributed by atoms with Crippen molar-refractivity contribution in [2.75, 3.05) is 12.0 Å². The first-order valence-electron chi connectivity index (χ1n) is 5.26. The number of Topliss-reactive ketones (excluding diaryl/α,β-unsaturated/α-hetero) is 1. The van der Waals surface area contributed by atoms with E-state index >= 15 is 0 Å². The van der Waals surface area contributed by atoms with Crippen molar-refractivity contribution in [1.82, 2.24) is 0 Å². The second-order valence-electron chi connectivity index (χ2n) is 4.15. The summed E-state index contributed by atoms with van der Waals surface area (Å²) in [7, 11) is -3.14. The van der Waals surface area contributed by atoms with Gasteiger partial charge in [-0.05, 0) is 24.3 Å². The van der Waals surface area contributed by atoms with E-state index in [-0.39, 0.29) is 11.7 Å². The molecule has 0 radical (unpaired) electrons. The van der Waals surface area contributed by atoms with Gasteiger partial charge in [-0.15, -0.1) is 11.8 Å². The lowest BCUT2D eigenvalue weighted by Crippen LogP contribution is -2.09. The van der Waals surface area contributed by atoms with E-state index in [1.54, 1.807) is 24.3 Å². The van der Waals surface area contributed by atoms with E-state index in [4.69, 9.17) is 0 Å². The van der Waals surface area contributed by atoms with Crippen LogP contribution in [0.15, 0.2) is 34.1 Å². The predicted molar refractivity (Wildman–Crippen MR) is 70.1 cm³/mol. The Morgan fingerprint density at radius 1 is 1.24 bits per heavy atom. The summed E-state index contributed by atoms with van der Waals surface area (Å²) in [6.45, 7) is 3.74. The zero-order valence-corrected chi connectivity index (χ0v) is 11.8. The van der Waals surface area contributed by atoms with Gasteiger partial charge in [-0.1, -0.05) is 13.8 Å². The molecule has 3 nitrogen and oxygen atoms in total. The maximum atomic E-state index is 11.4. The van der Waals surface area contributed by atoms with Crippen LogP contribution in [0.5, 0.6) is 0 Å². The molecule has 0 heterocycles. The molecule has 17 heavy (non-hydrogen) atoms. The number of sulfone groups is 1. The number of ketones is 1. The van der Waals surface area contributed by atoms with Crippen LogP contribution in [-0.2, 0) is 14.6 Å². The van der Waals surface area contributed by atoms with E-state index in [1.807, 2.05) is 13.8 Å². The Hall–Kier alpha value is -0.810. The fourth-order valence-corrected chi connectivity index (χ4v) is 2.71. The second kappa shape index (κ2) is 5.69. The zero-order valence-electron chi connectivity index (χ0n) is 10.1. The van der Waals surface area contributed by atoms with Gasteiger partial charge in [-0.2, -0.15) is 0 Å². The standard InChI is InChI=1S/C12H16O3S2/c1-9(2)12(13)8-16-10-4-6-11(7-5-10)17(3,14)15/h4-7,9H,8H2,1-3H3. The molecule has 0 saturated heterocycles. The summed E-state index contributed by atoms with van der Waals surface area (Å²) in [4.78, 5) is 12.6. The highest BCUT2D eigenvalue weighted by atomic mass is 32.2. The molecule has 0 atom stereocenters. The molecule has 0 N–H and O–H groups in total. The average molecular weight is 272 g/mol. The predicted octanol–water partition coefficient (Wildman–Crippen LogP) is 2.41. The summed E-state index contributed by atoms with van der Waals surface area (Å²) in [5.41, 5.74) is 0. The Bertz CT molecular complexity index is 487.